The minimum atomic E-state index is -0.398. The number of likely N-dealkylation sites (tertiary alicyclic amines) is 1. The van der Waals surface area contributed by atoms with Gasteiger partial charge in [-0.3, -0.25) is 9.59 Å². The predicted octanol–water partition coefficient (Wildman–Crippen LogP) is 1.06. The minimum absolute atomic E-state index is 0.122. The van der Waals surface area contributed by atoms with Crippen LogP contribution >= 0.6 is 0 Å². The molecule has 3 heterocycles. The number of carbonyl (C=O) groups is 2. The summed E-state index contributed by atoms with van der Waals surface area (Å²) in [5.74, 6) is 0.578. The van der Waals surface area contributed by atoms with E-state index in [1.54, 1.807) is 9.42 Å². The highest BCUT2D eigenvalue weighted by atomic mass is 16.5. The Morgan fingerprint density at radius 3 is 2.81 bits per heavy atom. The molecule has 146 valence electrons. The van der Waals surface area contributed by atoms with Crippen molar-refractivity contribution in [3.63, 3.8) is 0 Å². The van der Waals surface area contributed by atoms with Gasteiger partial charge in [0.05, 0.1) is 0 Å². The van der Waals surface area contributed by atoms with Crippen LogP contribution in [-0.2, 0) is 20.7 Å². The molecule has 2 aromatic rings. The molecule has 1 aliphatic heterocycles. The molecular formula is C18H26N6O3. The lowest BCUT2D eigenvalue weighted by molar-refractivity contribution is -0.152. The van der Waals surface area contributed by atoms with Crippen molar-refractivity contribution >= 4 is 23.6 Å². The van der Waals surface area contributed by atoms with Crippen LogP contribution in [0, 0.1) is 19.8 Å². The Kier molecular flexibility index (Phi) is 5.57. The van der Waals surface area contributed by atoms with Gasteiger partial charge in [-0.1, -0.05) is 6.92 Å². The molecule has 0 aliphatic carbocycles. The molecule has 27 heavy (non-hydrogen) atoms. The largest absolute Gasteiger partial charge is 0.456 e. The van der Waals surface area contributed by atoms with Crippen LogP contribution in [0.4, 0.5) is 5.95 Å². The molecule has 0 spiro atoms. The van der Waals surface area contributed by atoms with E-state index in [1.165, 1.54) is 0 Å². The number of amides is 1. The van der Waals surface area contributed by atoms with Crippen molar-refractivity contribution in [2.24, 2.45) is 5.92 Å². The lowest BCUT2D eigenvalue weighted by atomic mass is 10.0. The first-order valence-corrected chi connectivity index (χ1v) is 9.27. The summed E-state index contributed by atoms with van der Waals surface area (Å²) in [6.45, 7) is 7.16. The second kappa shape index (κ2) is 7.89. The molecule has 0 radical (unpaired) electrons. The van der Waals surface area contributed by atoms with Crippen molar-refractivity contribution in [3.8, 4) is 0 Å². The number of nitrogens with zero attached hydrogens (tertiary/aromatic N) is 5. The molecule has 1 fully saturated rings. The number of piperidine rings is 1. The molecule has 9 heteroatoms. The molecule has 1 amide bonds. The van der Waals surface area contributed by atoms with E-state index in [2.05, 4.69) is 22.0 Å². The molecule has 1 aliphatic rings. The zero-order chi connectivity index (χ0) is 19.6. The molecule has 9 nitrogen and oxygen atoms in total. The Bertz CT molecular complexity index is 862. The quantitative estimate of drug-likeness (QED) is 0.778. The van der Waals surface area contributed by atoms with Crippen LogP contribution in [0.25, 0.3) is 5.78 Å². The molecule has 3 rings (SSSR count). The van der Waals surface area contributed by atoms with Gasteiger partial charge in [-0.25, -0.2) is 4.98 Å². The number of hydrogen-bond acceptors (Lipinski definition) is 7. The Morgan fingerprint density at radius 2 is 2.07 bits per heavy atom. The number of fused-ring (bicyclic) bond motifs is 1. The topological polar surface area (TPSA) is 116 Å². The summed E-state index contributed by atoms with van der Waals surface area (Å²) in [6.07, 6.45) is 2.76. The Hall–Kier alpha value is -2.71. The number of rotatable bonds is 5. The number of esters is 1. The van der Waals surface area contributed by atoms with Crippen molar-refractivity contribution in [2.75, 3.05) is 25.4 Å². The number of ether oxygens (including phenoxy) is 1. The van der Waals surface area contributed by atoms with Crippen LogP contribution in [0.1, 0.15) is 43.1 Å². The Labute approximate surface area is 157 Å². The van der Waals surface area contributed by atoms with E-state index in [9.17, 15) is 9.59 Å². The lowest BCUT2D eigenvalue weighted by Crippen LogP contribution is -2.41. The summed E-state index contributed by atoms with van der Waals surface area (Å²) in [7, 11) is 0. The molecule has 2 N–H and O–H groups in total. The highest BCUT2D eigenvalue weighted by Crippen LogP contribution is 2.17. The highest BCUT2D eigenvalue weighted by molar-refractivity contribution is 5.80. The number of carbonyl (C=O) groups excluding carboxylic acids is 2. The fourth-order valence-corrected chi connectivity index (χ4v) is 3.53. The Morgan fingerprint density at radius 1 is 1.30 bits per heavy atom. The maximum absolute atomic E-state index is 12.2. The first-order chi connectivity index (χ1) is 12.8. The number of aromatic nitrogens is 4. The van der Waals surface area contributed by atoms with Crippen LogP contribution in [-0.4, -0.2) is 56.1 Å². The van der Waals surface area contributed by atoms with E-state index in [1.807, 2.05) is 13.8 Å². The molecule has 2 aromatic heterocycles. The molecule has 0 saturated carbocycles. The first-order valence-electron chi connectivity index (χ1n) is 9.27. The minimum Gasteiger partial charge on any atom is -0.456 e. The van der Waals surface area contributed by atoms with Crippen LogP contribution in [0.5, 0.6) is 0 Å². The van der Waals surface area contributed by atoms with Gasteiger partial charge < -0.3 is 15.4 Å². The Balaban J connectivity index is 1.55. The molecule has 0 aromatic carbocycles. The van der Waals surface area contributed by atoms with Gasteiger partial charge in [0, 0.05) is 30.9 Å². The normalized spacial score (nSPS) is 17.3. The van der Waals surface area contributed by atoms with E-state index in [0.29, 0.717) is 18.1 Å². The maximum Gasteiger partial charge on any atom is 0.306 e. The summed E-state index contributed by atoms with van der Waals surface area (Å²) in [5.41, 5.74) is 8.15. The summed E-state index contributed by atoms with van der Waals surface area (Å²) in [6, 6.07) is 0. The second-order valence-electron chi connectivity index (χ2n) is 7.19. The van der Waals surface area contributed by atoms with E-state index in [-0.39, 0.29) is 24.9 Å². The average Bonchev–Trinajstić information content (AvgIpc) is 2.99. The third kappa shape index (κ3) is 4.35. The van der Waals surface area contributed by atoms with Crippen LogP contribution in [0.2, 0.25) is 0 Å². The standard InChI is InChI=1S/C18H26N6O3/c1-11-5-4-8-23(9-11)15(25)10-27-16(26)7-6-14-12(2)20-18-21-17(19)22-24(18)13(14)3/h11H,4-10H2,1-3H3,(H2,19,22)/t11-/m0/s1. The second-order valence-corrected chi connectivity index (χ2v) is 7.19. The molecule has 1 saturated heterocycles. The smallest absolute Gasteiger partial charge is 0.306 e. The maximum atomic E-state index is 12.2. The number of aryl methyl sites for hydroxylation is 2. The van der Waals surface area contributed by atoms with Crippen molar-refractivity contribution in [2.45, 2.75) is 46.5 Å². The highest BCUT2D eigenvalue weighted by Gasteiger charge is 2.22. The molecule has 0 unspecified atom stereocenters. The SMILES string of the molecule is Cc1nc2nc(N)nn2c(C)c1CCC(=O)OCC(=O)N1CCC[C@H](C)C1. The number of anilines is 1. The number of nitrogen functional groups attached to an aromatic ring is 1. The molecule has 1 atom stereocenters. The summed E-state index contributed by atoms with van der Waals surface area (Å²) in [4.78, 5) is 34.5. The van der Waals surface area contributed by atoms with Gasteiger partial charge in [0.15, 0.2) is 6.61 Å². The van der Waals surface area contributed by atoms with Gasteiger partial charge in [-0.15, -0.1) is 5.10 Å². The van der Waals surface area contributed by atoms with Gasteiger partial charge in [-0.2, -0.15) is 9.50 Å². The number of hydrogen-bond donors (Lipinski definition) is 1. The molecular weight excluding hydrogens is 348 g/mol. The van der Waals surface area contributed by atoms with E-state index in [4.69, 9.17) is 10.5 Å². The zero-order valence-electron chi connectivity index (χ0n) is 16.1. The monoisotopic (exact) mass is 374 g/mol. The van der Waals surface area contributed by atoms with Gasteiger partial charge in [0.2, 0.25) is 5.95 Å². The van der Waals surface area contributed by atoms with Gasteiger partial charge in [-0.05, 0) is 44.6 Å². The van der Waals surface area contributed by atoms with E-state index < -0.39 is 5.97 Å². The lowest BCUT2D eigenvalue weighted by Gasteiger charge is -2.30. The molecule has 0 bridgehead atoms. The van der Waals surface area contributed by atoms with E-state index in [0.717, 1.165) is 42.9 Å². The third-order valence-electron chi connectivity index (χ3n) is 5.01. The summed E-state index contributed by atoms with van der Waals surface area (Å²) >= 11 is 0. The van der Waals surface area contributed by atoms with Gasteiger partial charge in [0.1, 0.15) is 0 Å². The summed E-state index contributed by atoms with van der Waals surface area (Å²) in [5, 5.41) is 4.11. The zero-order valence-corrected chi connectivity index (χ0v) is 16.1. The average molecular weight is 374 g/mol. The van der Waals surface area contributed by atoms with Crippen LogP contribution in [0.3, 0.4) is 0 Å². The van der Waals surface area contributed by atoms with Crippen LogP contribution < -0.4 is 5.73 Å². The first kappa shape index (κ1) is 19.1. The van der Waals surface area contributed by atoms with Gasteiger partial charge in [0.25, 0.3) is 11.7 Å². The van der Waals surface area contributed by atoms with Crippen molar-refractivity contribution in [1.82, 2.24) is 24.5 Å². The fraction of sp³-hybridized carbons (Fsp3) is 0.611. The van der Waals surface area contributed by atoms with Gasteiger partial charge >= 0.3 is 5.97 Å². The van der Waals surface area contributed by atoms with Crippen molar-refractivity contribution in [1.29, 1.82) is 0 Å². The fourth-order valence-electron chi connectivity index (χ4n) is 3.53. The predicted molar refractivity (Wildman–Crippen MR) is 98.9 cm³/mol. The van der Waals surface area contributed by atoms with Crippen molar-refractivity contribution in [3.05, 3.63) is 17.0 Å². The van der Waals surface area contributed by atoms with E-state index >= 15 is 0 Å². The van der Waals surface area contributed by atoms with Crippen molar-refractivity contribution < 1.29 is 14.3 Å². The van der Waals surface area contributed by atoms with Crippen LogP contribution in [0.15, 0.2) is 0 Å². The third-order valence-corrected chi connectivity index (χ3v) is 5.01. The summed E-state index contributed by atoms with van der Waals surface area (Å²) < 4.78 is 6.75. The number of nitrogens with two attached hydrogens (primary N) is 1.